The molecule has 1 rings (SSSR count). The topological polar surface area (TPSA) is 45.1 Å². The zero-order valence-corrected chi connectivity index (χ0v) is 11.6. The maximum atomic E-state index is 9.21. The van der Waals surface area contributed by atoms with Gasteiger partial charge in [-0.2, -0.15) is 0 Å². The van der Waals surface area contributed by atoms with Crippen LogP contribution in [-0.2, 0) is 0 Å². The molecule has 1 unspecified atom stereocenters. The number of aliphatic hydroxyl groups is 1. The van der Waals surface area contributed by atoms with E-state index in [0.29, 0.717) is 5.92 Å². The number of rotatable bonds is 5. The van der Waals surface area contributed by atoms with Crippen LogP contribution in [0.4, 0.5) is 0 Å². The van der Waals surface area contributed by atoms with Crippen LogP contribution in [0.5, 0.6) is 0 Å². The number of aromatic nitrogens is 1. The van der Waals surface area contributed by atoms with Crippen LogP contribution < -0.4 is 5.32 Å². The molecule has 2 atom stereocenters. The van der Waals surface area contributed by atoms with Gasteiger partial charge in [-0.15, -0.1) is 11.3 Å². The van der Waals surface area contributed by atoms with E-state index in [1.54, 1.807) is 11.3 Å². The van der Waals surface area contributed by atoms with Crippen molar-refractivity contribution in [3.8, 4) is 0 Å². The maximum absolute atomic E-state index is 9.21. The molecule has 2 N–H and O–H groups in total. The molecule has 0 fully saturated rings. The van der Waals surface area contributed by atoms with E-state index in [4.69, 9.17) is 0 Å². The van der Waals surface area contributed by atoms with Crippen LogP contribution in [-0.4, -0.2) is 22.7 Å². The molecule has 0 saturated carbocycles. The lowest BCUT2D eigenvalue weighted by Gasteiger charge is -2.23. The van der Waals surface area contributed by atoms with Crippen molar-refractivity contribution in [3.63, 3.8) is 0 Å². The monoisotopic (exact) mass is 292 g/mol. The number of thiazole rings is 1. The average Bonchev–Trinajstić information content (AvgIpc) is 2.60. The van der Waals surface area contributed by atoms with E-state index < -0.39 is 0 Å². The molecule has 0 radical (unpaired) electrons. The predicted molar refractivity (Wildman–Crippen MR) is 67.1 cm³/mol. The second kappa shape index (κ2) is 5.94. The molecule has 0 aromatic carbocycles. The zero-order chi connectivity index (χ0) is 11.4. The van der Waals surface area contributed by atoms with E-state index in [2.05, 4.69) is 47.0 Å². The number of hydrogen-bond donors (Lipinski definition) is 2. The van der Waals surface area contributed by atoms with Gasteiger partial charge in [0.15, 0.2) is 0 Å². The Hall–Kier alpha value is 0.0300. The van der Waals surface area contributed by atoms with Gasteiger partial charge in [0.25, 0.3) is 0 Å². The van der Waals surface area contributed by atoms with E-state index in [0.717, 1.165) is 8.79 Å². The van der Waals surface area contributed by atoms with Crippen LogP contribution in [0, 0.1) is 5.92 Å². The number of aliphatic hydroxyl groups excluding tert-OH is 1. The van der Waals surface area contributed by atoms with E-state index in [-0.39, 0.29) is 18.7 Å². The van der Waals surface area contributed by atoms with Crippen molar-refractivity contribution >= 4 is 27.3 Å². The molecule has 86 valence electrons. The van der Waals surface area contributed by atoms with Gasteiger partial charge in [0.1, 0.15) is 5.01 Å². The molecule has 0 aliphatic heterocycles. The van der Waals surface area contributed by atoms with Crippen molar-refractivity contribution in [1.29, 1.82) is 0 Å². The molecule has 5 heteroatoms. The summed E-state index contributed by atoms with van der Waals surface area (Å²) in [4.78, 5) is 4.29. The summed E-state index contributed by atoms with van der Waals surface area (Å²) in [5.41, 5.74) is 0. The molecule has 0 spiro atoms. The second-order valence-electron chi connectivity index (χ2n) is 3.92. The molecule has 0 bridgehead atoms. The Morgan fingerprint density at radius 3 is 2.60 bits per heavy atom. The van der Waals surface area contributed by atoms with Gasteiger partial charge >= 0.3 is 0 Å². The molecule has 0 saturated heterocycles. The van der Waals surface area contributed by atoms with Crippen molar-refractivity contribution < 1.29 is 5.11 Å². The third-order valence-electron chi connectivity index (χ3n) is 2.33. The largest absolute Gasteiger partial charge is 0.395 e. The first-order chi connectivity index (χ1) is 7.04. The van der Waals surface area contributed by atoms with Gasteiger partial charge in [0.05, 0.1) is 22.6 Å². The van der Waals surface area contributed by atoms with E-state index in [1.165, 1.54) is 0 Å². The minimum Gasteiger partial charge on any atom is -0.395 e. The van der Waals surface area contributed by atoms with Crippen LogP contribution in [0.2, 0.25) is 0 Å². The number of halogens is 1. The van der Waals surface area contributed by atoms with Gasteiger partial charge in [-0.3, -0.25) is 0 Å². The van der Waals surface area contributed by atoms with Crippen molar-refractivity contribution in [2.45, 2.75) is 32.9 Å². The average molecular weight is 293 g/mol. The van der Waals surface area contributed by atoms with E-state index >= 15 is 0 Å². The summed E-state index contributed by atoms with van der Waals surface area (Å²) in [5, 5.41) is 13.6. The van der Waals surface area contributed by atoms with Gasteiger partial charge in [-0.1, -0.05) is 13.8 Å². The predicted octanol–water partition coefficient (Wildman–Crippen LogP) is 2.57. The third-order valence-corrected chi connectivity index (χ3v) is 3.99. The summed E-state index contributed by atoms with van der Waals surface area (Å²) in [7, 11) is 0. The summed E-state index contributed by atoms with van der Waals surface area (Å²) in [6, 6.07) is 0.309. The minimum atomic E-state index is 0.127. The smallest absolute Gasteiger partial charge is 0.110 e. The molecule has 1 aromatic heterocycles. The quantitative estimate of drug-likeness (QED) is 0.877. The molecule has 0 aliphatic carbocycles. The van der Waals surface area contributed by atoms with Gasteiger partial charge in [-0.05, 0) is 28.8 Å². The van der Waals surface area contributed by atoms with Crippen LogP contribution in [0.25, 0.3) is 0 Å². The Labute approximate surface area is 103 Å². The molecule has 15 heavy (non-hydrogen) atoms. The number of hydrogen-bond acceptors (Lipinski definition) is 4. The Morgan fingerprint density at radius 1 is 1.53 bits per heavy atom. The van der Waals surface area contributed by atoms with Gasteiger partial charge in [0.2, 0.25) is 0 Å². The molecule has 3 nitrogen and oxygen atoms in total. The Bertz CT molecular complexity index is 303. The van der Waals surface area contributed by atoms with Gasteiger partial charge in [-0.25, -0.2) is 4.98 Å². The maximum Gasteiger partial charge on any atom is 0.110 e. The number of nitrogens with one attached hydrogen (secondary N) is 1. The molecule has 0 aliphatic rings. The molecule has 0 amide bonds. The highest BCUT2D eigenvalue weighted by molar-refractivity contribution is 9.11. The van der Waals surface area contributed by atoms with E-state index in [1.807, 2.05) is 6.20 Å². The Kier molecular flexibility index (Phi) is 5.18. The fraction of sp³-hybridized carbons (Fsp3) is 0.700. The summed E-state index contributed by atoms with van der Waals surface area (Å²) in [5.74, 6) is 0.417. The second-order valence-corrected chi connectivity index (χ2v) is 6.37. The summed E-state index contributed by atoms with van der Waals surface area (Å²) in [6.45, 7) is 6.42. The van der Waals surface area contributed by atoms with Crippen molar-refractivity contribution in [2.24, 2.45) is 5.92 Å². The molecule has 1 aromatic rings. The Balaban J connectivity index is 2.58. The van der Waals surface area contributed by atoms with Crippen molar-refractivity contribution in [2.75, 3.05) is 6.61 Å². The summed E-state index contributed by atoms with van der Waals surface area (Å²) < 4.78 is 1.04. The van der Waals surface area contributed by atoms with Crippen LogP contribution in [0.15, 0.2) is 9.98 Å². The third kappa shape index (κ3) is 3.83. The van der Waals surface area contributed by atoms with Crippen LogP contribution in [0.3, 0.4) is 0 Å². The molecule has 1 heterocycles. The highest BCUT2D eigenvalue weighted by Gasteiger charge is 2.17. The molecular formula is C10H17BrN2OS. The van der Waals surface area contributed by atoms with E-state index in [9.17, 15) is 5.11 Å². The Morgan fingerprint density at radius 2 is 2.20 bits per heavy atom. The fourth-order valence-electron chi connectivity index (χ4n) is 1.32. The first kappa shape index (κ1) is 13.1. The lowest BCUT2D eigenvalue weighted by Crippen LogP contribution is -2.38. The van der Waals surface area contributed by atoms with Gasteiger partial charge in [0, 0.05) is 6.04 Å². The lowest BCUT2D eigenvalue weighted by molar-refractivity contribution is 0.201. The standard InChI is InChI=1S/C10H17BrN2OS/c1-6(2)8(5-14)13-7(3)10-12-4-9(11)15-10/h4,6-8,13-14H,5H2,1-3H3/t7?,8-/m1/s1. The zero-order valence-electron chi connectivity index (χ0n) is 9.20. The normalized spacial score (nSPS) is 15.6. The summed E-state index contributed by atoms with van der Waals surface area (Å²) in [6.07, 6.45) is 1.81. The molecular weight excluding hydrogens is 276 g/mol. The summed E-state index contributed by atoms with van der Waals surface area (Å²) >= 11 is 5.01. The van der Waals surface area contributed by atoms with Crippen molar-refractivity contribution in [1.82, 2.24) is 10.3 Å². The van der Waals surface area contributed by atoms with Crippen LogP contribution in [0.1, 0.15) is 31.8 Å². The minimum absolute atomic E-state index is 0.127. The van der Waals surface area contributed by atoms with Crippen molar-refractivity contribution in [3.05, 3.63) is 15.0 Å². The lowest BCUT2D eigenvalue weighted by atomic mass is 10.0. The van der Waals surface area contributed by atoms with Gasteiger partial charge < -0.3 is 10.4 Å². The highest BCUT2D eigenvalue weighted by Crippen LogP contribution is 2.24. The first-order valence-electron chi connectivity index (χ1n) is 5.02. The number of nitrogens with zero attached hydrogens (tertiary/aromatic N) is 1. The highest BCUT2D eigenvalue weighted by atomic mass is 79.9. The van der Waals surface area contributed by atoms with Crippen LogP contribution >= 0.6 is 27.3 Å². The first-order valence-corrected chi connectivity index (χ1v) is 6.63. The SMILES string of the molecule is CC(N[C@H](CO)C(C)C)c1ncc(Br)s1. The fourth-order valence-corrected chi connectivity index (χ4v) is 2.57.